The van der Waals surface area contributed by atoms with Gasteiger partial charge in [0, 0.05) is 30.6 Å². The molecular formula is C27H26N6O8S. The van der Waals surface area contributed by atoms with Crippen molar-refractivity contribution in [2.75, 3.05) is 27.9 Å². The van der Waals surface area contributed by atoms with Crippen molar-refractivity contribution < 1.29 is 36.9 Å². The topological polar surface area (TPSA) is 173 Å². The molecule has 42 heavy (non-hydrogen) atoms. The second-order valence-electron chi connectivity index (χ2n) is 8.19. The molecule has 4 rings (SSSR count). The van der Waals surface area contributed by atoms with Gasteiger partial charge in [0.25, 0.3) is 5.88 Å². The van der Waals surface area contributed by atoms with Crippen molar-refractivity contribution in [3.05, 3.63) is 66.5 Å². The summed E-state index contributed by atoms with van der Waals surface area (Å²) in [6, 6.07) is 13.5. The molecule has 0 unspecified atom stereocenters. The third-order valence-corrected chi connectivity index (χ3v) is 5.88. The Morgan fingerprint density at radius 3 is 2.31 bits per heavy atom. The number of nitrogens with zero attached hydrogens (tertiary/aromatic N) is 5. The molecule has 0 saturated heterocycles. The van der Waals surface area contributed by atoms with Crippen LogP contribution in [0, 0.1) is 0 Å². The van der Waals surface area contributed by atoms with Gasteiger partial charge < -0.3 is 29.0 Å². The van der Waals surface area contributed by atoms with Gasteiger partial charge in [0.1, 0.15) is 11.5 Å². The molecule has 1 N–H and O–H groups in total. The largest absolute Gasteiger partial charge is 0.497 e. The van der Waals surface area contributed by atoms with Gasteiger partial charge in [0.15, 0.2) is 17.3 Å². The molecular weight excluding hydrogens is 568 g/mol. The maximum absolute atomic E-state index is 12.6. The second kappa shape index (κ2) is 14.4. The lowest BCUT2D eigenvalue weighted by Gasteiger charge is -2.15. The number of aromatic nitrogens is 4. The first-order valence-electron chi connectivity index (χ1n) is 12.3. The minimum absolute atomic E-state index is 0.0711. The Labute approximate surface area is 242 Å². The van der Waals surface area contributed by atoms with Gasteiger partial charge in [-0.25, -0.2) is 15.0 Å². The Balaban J connectivity index is 1.58. The van der Waals surface area contributed by atoms with Crippen molar-refractivity contribution in [1.29, 1.82) is 0 Å². The number of nitrogens with one attached hydrogen (secondary N) is 1. The Morgan fingerprint density at radius 2 is 1.62 bits per heavy atom. The fourth-order valence-electron chi connectivity index (χ4n) is 3.59. The summed E-state index contributed by atoms with van der Waals surface area (Å²) < 4.78 is 54.4. The van der Waals surface area contributed by atoms with Crippen molar-refractivity contribution in [2.24, 2.45) is 4.36 Å². The number of benzene rings is 2. The molecule has 2 aromatic heterocycles. The number of rotatable bonds is 13. The van der Waals surface area contributed by atoms with Gasteiger partial charge >= 0.3 is 10.5 Å². The number of amides is 1. The molecule has 0 aliphatic heterocycles. The average molecular weight is 595 g/mol. The molecule has 0 radical (unpaired) electrons. The third-order valence-electron chi connectivity index (χ3n) is 5.56. The van der Waals surface area contributed by atoms with E-state index in [-0.39, 0.29) is 60.3 Å². The molecule has 218 valence electrons. The molecule has 0 fully saturated rings. The van der Waals surface area contributed by atoms with E-state index in [4.69, 9.17) is 23.7 Å². The van der Waals surface area contributed by atoms with E-state index in [9.17, 15) is 13.2 Å². The van der Waals surface area contributed by atoms with E-state index < -0.39 is 10.5 Å². The van der Waals surface area contributed by atoms with Crippen LogP contribution in [0.4, 0.5) is 5.82 Å². The molecule has 4 aromatic rings. The minimum atomic E-state index is -2.91. The van der Waals surface area contributed by atoms with Crippen LogP contribution in [0.25, 0.3) is 11.6 Å². The molecule has 0 saturated carbocycles. The molecule has 1 amide bonds. The highest BCUT2D eigenvalue weighted by Crippen LogP contribution is 2.41. The van der Waals surface area contributed by atoms with E-state index in [0.717, 1.165) is 5.56 Å². The van der Waals surface area contributed by atoms with Crippen LogP contribution in [0.15, 0.2) is 65.3 Å². The Hall–Kier alpha value is -5.31. The Morgan fingerprint density at radius 1 is 0.881 bits per heavy atom. The number of hydrogen-bond acceptors (Lipinski definition) is 13. The third kappa shape index (κ3) is 7.66. The summed E-state index contributed by atoms with van der Waals surface area (Å²) in [5, 5.41) is 2.80. The first-order chi connectivity index (χ1) is 20.4. The van der Waals surface area contributed by atoms with Gasteiger partial charge in [-0.1, -0.05) is 12.1 Å². The summed E-state index contributed by atoms with van der Waals surface area (Å²) >= 11 is 0. The highest BCUT2D eigenvalue weighted by atomic mass is 32.2. The maximum Gasteiger partial charge on any atom is 0.318 e. The molecule has 0 aliphatic carbocycles. The van der Waals surface area contributed by atoms with E-state index in [1.54, 1.807) is 55.6 Å². The van der Waals surface area contributed by atoms with Crippen LogP contribution in [-0.2, 0) is 21.8 Å². The fourth-order valence-corrected chi connectivity index (χ4v) is 3.85. The summed E-state index contributed by atoms with van der Waals surface area (Å²) in [6.45, 7) is 0.0510. The van der Waals surface area contributed by atoms with Crippen molar-refractivity contribution in [3.8, 4) is 46.3 Å². The van der Waals surface area contributed by atoms with Crippen LogP contribution in [-0.4, -0.2) is 62.2 Å². The van der Waals surface area contributed by atoms with Gasteiger partial charge in [-0.3, -0.25) is 4.79 Å². The molecule has 0 atom stereocenters. The number of carbonyl (C=O) groups is 1. The first-order valence-corrected chi connectivity index (χ1v) is 13.4. The zero-order chi connectivity index (χ0) is 29.9. The molecule has 0 aliphatic rings. The molecule has 2 heterocycles. The standard InChI is InChI=1S/C27H26N6O8S/c1-37-18-10-9-17(21(15-18)39-3)16-30-22(34)11-14-40-27-23(41-20-8-5-4-7-19(20)38-2)24(33-42(35)36)31-26(32-27)25-28-12-6-13-29-25/h4-10,12-13,15H,11,14,16H2,1-3H3,(H,30,34). The molecule has 0 bridgehead atoms. The van der Waals surface area contributed by atoms with Crippen LogP contribution in [0.1, 0.15) is 12.0 Å². The molecule has 0 spiro atoms. The zero-order valence-corrected chi connectivity index (χ0v) is 23.6. The van der Waals surface area contributed by atoms with E-state index in [0.29, 0.717) is 17.2 Å². The number of ether oxygens (including phenoxy) is 5. The van der Waals surface area contributed by atoms with Crippen LogP contribution in [0.3, 0.4) is 0 Å². The molecule has 15 heteroatoms. The van der Waals surface area contributed by atoms with Crippen LogP contribution in [0.2, 0.25) is 0 Å². The van der Waals surface area contributed by atoms with Crippen LogP contribution < -0.4 is 29.0 Å². The Bertz CT molecular complexity index is 1680. The van der Waals surface area contributed by atoms with E-state index in [2.05, 4.69) is 29.6 Å². The van der Waals surface area contributed by atoms with Gasteiger partial charge in [0.05, 0.1) is 34.4 Å². The summed E-state index contributed by atoms with van der Waals surface area (Å²) in [7, 11) is 1.61. The first kappa shape index (κ1) is 29.7. The summed E-state index contributed by atoms with van der Waals surface area (Å²) in [4.78, 5) is 29.4. The Kier molecular flexibility index (Phi) is 10.1. The summed E-state index contributed by atoms with van der Waals surface area (Å²) in [5.74, 6) is 0.677. The predicted molar refractivity (Wildman–Crippen MR) is 149 cm³/mol. The zero-order valence-electron chi connectivity index (χ0n) is 22.8. The van der Waals surface area contributed by atoms with Gasteiger partial charge in [-0.15, -0.1) is 4.36 Å². The highest BCUT2D eigenvalue weighted by molar-refractivity contribution is 7.61. The predicted octanol–water partition coefficient (Wildman–Crippen LogP) is 3.53. The van der Waals surface area contributed by atoms with Gasteiger partial charge in [-0.05, 0) is 30.3 Å². The van der Waals surface area contributed by atoms with E-state index in [1.807, 2.05) is 0 Å². The lowest BCUT2D eigenvalue weighted by atomic mass is 10.2. The fraction of sp³-hybridized carbons (Fsp3) is 0.222. The van der Waals surface area contributed by atoms with Crippen molar-refractivity contribution in [3.63, 3.8) is 0 Å². The lowest BCUT2D eigenvalue weighted by molar-refractivity contribution is -0.121. The number of hydrogen-bond donors (Lipinski definition) is 1. The number of methoxy groups -OCH3 is 3. The average Bonchev–Trinajstić information content (AvgIpc) is 3.01. The number of para-hydroxylation sites is 2. The number of carbonyl (C=O) groups excluding carboxylic acids is 1. The van der Waals surface area contributed by atoms with Crippen molar-refractivity contribution >= 4 is 22.2 Å². The van der Waals surface area contributed by atoms with Gasteiger partial charge in [-0.2, -0.15) is 13.4 Å². The normalized spacial score (nSPS) is 10.4. The van der Waals surface area contributed by atoms with E-state index >= 15 is 0 Å². The van der Waals surface area contributed by atoms with Crippen LogP contribution >= 0.6 is 0 Å². The summed E-state index contributed by atoms with van der Waals surface area (Å²) in [5.41, 5.74) is 0.750. The summed E-state index contributed by atoms with van der Waals surface area (Å²) in [6.07, 6.45) is 2.86. The smallest absolute Gasteiger partial charge is 0.318 e. The van der Waals surface area contributed by atoms with E-state index in [1.165, 1.54) is 26.6 Å². The highest BCUT2D eigenvalue weighted by Gasteiger charge is 2.22. The second-order valence-corrected chi connectivity index (χ2v) is 8.81. The van der Waals surface area contributed by atoms with Gasteiger partial charge in [0.2, 0.25) is 23.3 Å². The van der Waals surface area contributed by atoms with Crippen molar-refractivity contribution in [2.45, 2.75) is 13.0 Å². The quantitative estimate of drug-likeness (QED) is 0.239. The van der Waals surface area contributed by atoms with Crippen LogP contribution in [0.5, 0.6) is 34.6 Å². The molecule has 14 nitrogen and oxygen atoms in total. The van der Waals surface area contributed by atoms with Crippen molar-refractivity contribution in [1.82, 2.24) is 25.3 Å². The molecule has 2 aromatic carbocycles. The minimum Gasteiger partial charge on any atom is -0.497 e. The maximum atomic E-state index is 12.6. The lowest BCUT2D eigenvalue weighted by Crippen LogP contribution is -2.24. The monoisotopic (exact) mass is 594 g/mol. The SMILES string of the molecule is COc1ccc(CNC(=O)CCOc2nc(-c3ncccn3)nc(N=S(=O)=O)c2Oc2ccccc2OC)c(OC)c1.